The van der Waals surface area contributed by atoms with E-state index in [1.807, 2.05) is 37.3 Å². The van der Waals surface area contributed by atoms with Crippen molar-refractivity contribution in [1.82, 2.24) is 10.5 Å². The lowest BCUT2D eigenvalue weighted by molar-refractivity contribution is 0.0712. The van der Waals surface area contributed by atoms with Crippen LogP contribution >= 0.6 is 0 Å². The third-order valence-corrected chi connectivity index (χ3v) is 4.02. The van der Waals surface area contributed by atoms with E-state index in [0.717, 1.165) is 25.0 Å². The third kappa shape index (κ3) is 2.90. The van der Waals surface area contributed by atoms with Crippen LogP contribution in [0, 0.1) is 6.92 Å². The first kappa shape index (κ1) is 14.8. The molecule has 1 aromatic carbocycles. The average molecular weight is 300 g/mol. The van der Waals surface area contributed by atoms with E-state index in [2.05, 4.69) is 10.5 Å². The van der Waals surface area contributed by atoms with E-state index in [-0.39, 0.29) is 18.1 Å². The molecular formula is C17H20N2O3. The van der Waals surface area contributed by atoms with Gasteiger partial charge in [-0.25, -0.2) is 0 Å². The molecule has 2 atom stereocenters. The van der Waals surface area contributed by atoms with Gasteiger partial charge in [-0.3, -0.25) is 4.79 Å². The van der Waals surface area contributed by atoms with E-state index in [0.29, 0.717) is 17.0 Å². The predicted molar refractivity (Wildman–Crippen MR) is 82.6 cm³/mol. The minimum absolute atomic E-state index is 0.0343. The third-order valence-electron chi connectivity index (χ3n) is 4.02. The van der Waals surface area contributed by atoms with Crippen LogP contribution in [0.25, 0.3) is 11.3 Å². The quantitative estimate of drug-likeness (QED) is 0.943. The molecule has 1 N–H and O–H groups in total. The molecule has 1 fully saturated rings. The Morgan fingerprint density at radius 1 is 1.36 bits per heavy atom. The molecule has 1 amide bonds. The fourth-order valence-electron chi connectivity index (χ4n) is 2.80. The lowest BCUT2D eigenvalue weighted by atomic mass is 10.0. The van der Waals surface area contributed by atoms with Gasteiger partial charge < -0.3 is 14.6 Å². The zero-order valence-corrected chi connectivity index (χ0v) is 12.8. The van der Waals surface area contributed by atoms with Crippen LogP contribution in [0.5, 0.6) is 0 Å². The highest BCUT2D eigenvalue weighted by molar-refractivity contribution is 6.00. The number of amides is 1. The van der Waals surface area contributed by atoms with Gasteiger partial charge in [-0.2, -0.15) is 0 Å². The lowest BCUT2D eigenvalue weighted by Crippen LogP contribution is -2.41. The molecule has 0 spiro atoms. The fraction of sp³-hybridized carbons (Fsp3) is 0.412. The van der Waals surface area contributed by atoms with Gasteiger partial charge in [-0.15, -0.1) is 0 Å². The van der Waals surface area contributed by atoms with Gasteiger partial charge in [0.2, 0.25) is 0 Å². The number of nitrogens with zero attached hydrogens (tertiary/aromatic N) is 1. The number of carbonyl (C=O) groups is 1. The molecule has 0 unspecified atom stereocenters. The van der Waals surface area contributed by atoms with Crippen molar-refractivity contribution in [1.29, 1.82) is 0 Å². The van der Waals surface area contributed by atoms with E-state index in [1.165, 1.54) is 0 Å². The molecule has 5 heteroatoms. The van der Waals surface area contributed by atoms with Crippen LogP contribution in [0.1, 0.15) is 35.9 Å². The van der Waals surface area contributed by atoms with Gasteiger partial charge in [0.1, 0.15) is 17.0 Å². The molecule has 5 nitrogen and oxygen atoms in total. The van der Waals surface area contributed by atoms with Gasteiger partial charge in [0.25, 0.3) is 5.91 Å². The van der Waals surface area contributed by atoms with Gasteiger partial charge in [-0.1, -0.05) is 35.5 Å². The van der Waals surface area contributed by atoms with Gasteiger partial charge in [-0.05, 0) is 26.7 Å². The van der Waals surface area contributed by atoms with Crippen molar-refractivity contribution in [2.45, 2.75) is 38.8 Å². The summed E-state index contributed by atoms with van der Waals surface area (Å²) in [5.41, 5.74) is 1.94. The summed E-state index contributed by atoms with van der Waals surface area (Å²) < 4.78 is 10.9. The van der Waals surface area contributed by atoms with Crippen molar-refractivity contribution in [3.63, 3.8) is 0 Å². The van der Waals surface area contributed by atoms with Crippen LogP contribution in [0.4, 0.5) is 0 Å². The van der Waals surface area contributed by atoms with E-state index in [9.17, 15) is 4.79 Å². The highest BCUT2D eigenvalue weighted by Gasteiger charge is 2.27. The zero-order valence-electron chi connectivity index (χ0n) is 12.8. The number of carbonyl (C=O) groups excluding carboxylic acids is 1. The summed E-state index contributed by atoms with van der Waals surface area (Å²) in [6.45, 7) is 4.50. The van der Waals surface area contributed by atoms with Crippen LogP contribution < -0.4 is 5.32 Å². The number of aromatic nitrogens is 1. The van der Waals surface area contributed by atoms with E-state index in [1.54, 1.807) is 6.92 Å². The summed E-state index contributed by atoms with van der Waals surface area (Å²) in [5.74, 6) is 0.358. The largest absolute Gasteiger partial charge is 0.376 e. The lowest BCUT2D eigenvalue weighted by Gasteiger charge is -2.19. The standard InChI is InChI=1S/C17H20N2O3/c1-11(14-9-6-10-21-14)18-17(20)15-12(2)22-19-16(15)13-7-4-3-5-8-13/h3-5,7-8,11,14H,6,9-10H2,1-2H3,(H,18,20)/t11-,14+/m1/s1. The zero-order chi connectivity index (χ0) is 15.5. The van der Waals surface area contributed by atoms with E-state index >= 15 is 0 Å². The molecule has 0 bridgehead atoms. The Morgan fingerprint density at radius 3 is 2.82 bits per heavy atom. The first-order chi connectivity index (χ1) is 10.7. The van der Waals surface area contributed by atoms with Crippen molar-refractivity contribution in [3.05, 3.63) is 41.7 Å². The molecular weight excluding hydrogens is 280 g/mol. The Bertz CT molecular complexity index is 645. The summed E-state index contributed by atoms with van der Waals surface area (Å²) >= 11 is 0. The second-order valence-corrected chi connectivity index (χ2v) is 5.64. The van der Waals surface area contributed by atoms with Crippen molar-refractivity contribution >= 4 is 5.91 Å². The maximum atomic E-state index is 12.6. The molecule has 0 radical (unpaired) electrons. The van der Waals surface area contributed by atoms with Gasteiger partial charge >= 0.3 is 0 Å². The molecule has 2 aromatic rings. The topological polar surface area (TPSA) is 64.4 Å². The molecule has 0 aliphatic carbocycles. The first-order valence-electron chi connectivity index (χ1n) is 7.61. The van der Waals surface area contributed by atoms with Crippen LogP contribution in [-0.2, 0) is 4.74 Å². The molecule has 22 heavy (non-hydrogen) atoms. The number of rotatable bonds is 4. The summed E-state index contributed by atoms with van der Waals surface area (Å²) in [6.07, 6.45) is 2.12. The second-order valence-electron chi connectivity index (χ2n) is 5.64. The molecule has 3 rings (SSSR count). The van der Waals surface area contributed by atoms with Crippen LogP contribution in [0.2, 0.25) is 0 Å². The Balaban J connectivity index is 1.82. The number of aryl methyl sites for hydroxylation is 1. The molecule has 0 saturated carbocycles. The Kier molecular flexibility index (Phi) is 4.24. The van der Waals surface area contributed by atoms with Crippen LogP contribution in [0.3, 0.4) is 0 Å². The van der Waals surface area contributed by atoms with Gasteiger partial charge in [0.15, 0.2) is 0 Å². The second kappa shape index (κ2) is 6.32. The van der Waals surface area contributed by atoms with Gasteiger partial charge in [0.05, 0.1) is 12.1 Å². The molecule has 1 aliphatic rings. The highest BCUT2D eigenvalue weighted by atomic mass is 16.5. The summed E-state index contributed by atoms with van der Waals surface area (Å²) in [6, 6.07) is 9.55. The summed E-state index contributed by atoms with van der Waals surface area (Å²) in [7, 11) is 0. The molecule has 2 heterocycles. The van der Waals surface area contributed by atoms with E-state index < -0.39 is 0 Å². The Morgan fingerprint density at radius 2 is 2.14 bits per heavy atom. The summed E-state index contributed by atoms with van der Waals surface area (Å²) in [4.78, 5) is 12.6. The first-order valence-corrected chi connectivity index (χ1v) is 7.61. The molecule has 116 valence electrons. The maximum Gasteiger partial charge on any atom is 0.257 e. The van der Waals surface area contributed by atoms with Gasteiger partial charge in [0, 0.05) is 12.2 Å². The number of ether oxygens (including phenoxy) is 1. The smallest absolute Gasteiger partial charge is 0.257 e. The van der Waals surface area contributed by atoms with Crippen molar-refractivity contribution in [2.75, 3.05) is 6.61 Å². The number of hydrogen-bond donors (Lipinski definition) is 1. The Hall–Kier alpha value is -2.14. The Labute approximate surface area is 129 Å². The summed E-state index contributed by atoms with van der Waals surface area (Å²) in [5, 5.41) is 7.06. The minimum atomic E-state index is -0.166. The SMILES string of the molecule is Cc1onc(-c2ccccc2)c1C(=O)N[C@H](C)[C@@H]1CCCO1. The monoisotopic (exact) mass is 300 g/mol. The highest BCUT2D eigenvalue weighted by Crippen LogP contribution is 2.25. The molecule has 1 aromatic heterocycles. The number of benzene rings is 1. The molecule has 1 saturated heterocycles. The normalized spacial score (nSPS) is 19.1. The van der Waals surface area contributed by atoms with E-state index in [4.69, 9.17) is 9.26 Å². The number of nitrogens with one attached hydrogen (secondary N) is 1. The van der Waals surface area contributed by atoms with Crippen LogP contribution in [-0.4, -0.2) is 29.8 Å². The molecule has 1 aliphatic heterocycles. The maximum absolute atomic E-state index is 12.6. The fourth-order valence-corrected chi connectivity index (χ4v) is 2.80. The minimum Gasteiger partial charge on any atom is -0.376 e. The van der Waals surface area contributed by atoms with Crippen molar-refractivity contribution in [3.8, 4) is 11.3 Å². The number of hydrogen-bond acceptors (Lipinski definition) is 4. The van der Waals surface area contributed by atoms with Crippen molar-refractivity contribution in [2.24, 2.45) is 0 Å². The van der Waals surface area contributed by atoms with Crippen molar-refractivity contribution < 1.29 is 14.1 Å². The predicted octanol–water partition coefficient (Wildman–Crippen LogP) is 2.95. The average Bonchev–Trinajstić information content (AvgIpc) is 3.17. The van der Waals surface area contributed by atoms with Crippen LogP contribution in [0.15, 0.2) is 34.9 Å².